The van der Waals surface area contributed by atoms with Crippen LogP contribution in [0.25, 0.3) is 0 Å². The van der Waals surface area contributed by atoms with Crippen LogP contribution in [0.4, 0.5) is 4.39 Å². The monoisotopic (exact) mass is 274 g/mol. The lowest BCUT2D eigenvalue weighted by molar-refractivity contribution is 0.0924. The summed E-state index contributed by atoms with van der Waals surface area (Å²) in [6.45, 7) is 0. The van der Waals surface area contributed by atoms with Crippen LogP contribution >= 0.6 is 11.6 Å². The van der Waals surface area contributed by atoms with Crippen LogP contribution in [0.15, 0.2) is 42.5 Å². The largest absolute Gasteiger partial charge is 0.294 e. The summed E-state index contributed by atoms with van der Waals surface area (Å²) in [5.74, 6) is -0.624. The maximum Gasteiger partial charge on any atom is 0.168 e. The van der Waals surface area contributed by atoms with Gasteiger partial charge in [0.25, 0.3) is 0 Å². The van der Waals surface area contributed by atoms with Gasteiger partial charge in [-0.05, 0) is 42.2 Å². The molecule has 0 radical (unpaired) electrons. The van der Waals surface area contributed by atoms with Gasteiger partial charge in [-0.3, -0.25) is 4.79 Å². The van der Waals surface area contributed by atoms with Gasteiger partial charge in [-0.25, -0.2) is 4.39 Å². The average Bonchev–Trinajstić information content (AvgIpc) is 2.84. The number of benzene rings is 2. The summed E-state index contributed by atoms with van der Waals surface area (Å²) in [4.78, 5) is 12.4. The number of Topliss-reactive ketones (excluding diaryl/α,β-unsaturated/α-hetero) is 1. The minimum Gasteiger partial charge on any atom is -0.294 e. The number of hydrogen-bond donors (Lipinski definition) is 0. The van der Waals surface area contributed by atoms with Gasteiger partial charge in [-0.2, -0.15) is 0 Å². The first-order valence-electron chi connectivity index (χ1n) is 6.21. The fraction of sp³-hybridized carbons (Fsp3) is 0.188. The van der Waals surface area contributed by atoms with E-state index in [0.717, 1.165) is 0 Å². The Kier molecular flexibility index (Phi) is 3.11. The first kappa shape index (κ1) is 12.4. The third-order valence-electron chi connectivity index (χ3n) is 3.62. The summed E-state index contributed by atoms with van der Waals surface area (Å²) in [5, 5.41) is 0.322. The zero-order valence-corrected chi connectivity index (χ0v) is 11.0. The Morgan fingerprint density at radius 2 is 1.74 bits per heavy atom. The smallest absolute Gasteiger partial charge is 0.168 e. The highest BCUT2D eigenvalue weighted by atomic mass is 35.5. The van der Waals surface area contributed by atoms with E-state index in [9.17, 15) is 9.18 Å². The van der Waals surface area contributed by atoms with E-state index in [4.69, 9.17) is 11.6 Å². The highest BCUT2D eigenvalue weighted by molar-refractivity contribution is 6.34. The van der Waals surface area contributed by atoms with Crippen molar-refractivity contribution in [2.24, 2.45) is 5.92 Å². The van der Waals surface area contributed by atoms with E-state index in [0.29, 0.717) is 23.4 Å². The Morgan fingerprint density at radius 3 is 2.37 bits per heavy atom. The van der Waals surface area contributed by atoms with E-state index < -0.39 is 5.82 Å². The molecule has 96 valence electrons. The van der Waals surface area contributed by atoms with E-state index in [1.807, 2.05) is 24.3 Å². The molecule has 1 aliphatic carbocycles. The average molecular weight is 275 g/mol. The molecule has 1 nitrogen and oxygen atoms in total. The van der Waals surface area contributed by atoms with Gasteiger partial charge >= 0.3 is 0 Å². The van der Waals surface area contributed by atoms with Crippen LogP contribution in [0.2, 0.25) is 5.02 Å². The first-order chi connectivity index (χ1) is 9.15. The molecule has 0 unspecified atom stereocenters. The van der Waals surface area contributed by atoms with Crippen LogP contribution < -0.4 is 0 Å². The summed E-state index contributed by atoms with van der Waals surface area (Å²) in [7, 11) is 0. The molecule has 0 atom stereocenters. The van der Waals surface area contributed by atoms with E-state index >= 15 is 0 Å². The van der Waals surface area contributed by atoms with Gasteiger partial charge < -0.3 is 0 Å². The predicted octanol–water partition coefficient (Wildman–Crippen LogP) is 4.08. The van der Waals surface area contributed by atoms with Gasteiger partial charge in [-0.15, -0.1) is 0 Å². The molecule has 2 aromatic carbocycles. The molecule has 0 spiro atoms. The maximum absolute atomic E-state index is 13.2. The second-order valence-corrected chi connectivity index (χ2v) is 5.27. The van der Waals surface area contributed by atoms with Crippen molar-refractivity contribution in [3.05, 3.63) is 70.0 Å². The van der Waals surface area contributed by atoms with Gasteiger partial charge in [-0.1, -0.05) is 35.9 Å². The molecule has 0 amide bonds. The van der Waals surface area contributed by atoms with Crippen molar-refractivity contribution < 1.29 is 9.18 Å². The van der Waals surface area contributed by atoms with Gasteiger partial charge in [0.15, 0.2) is 5.78 Å². The van der Waals surface area contributed by atoms with Crippen molar-refractivity contribution in [1.82, 2.24) is 0 Å². The molecule has 3 rings (SSSR count). The minimum absolute atomic E-state index is 0.0688. The van der Waals surface area contributed by atoms with Gasteiger partial charge in [0.2, 0.25) is 0 Å². The number of hydrogen-bond acceptors (Lipinski definition) is 1. The van der Waals surface area contributed by atoms with Crippen molar-refractivity contribution in [3.63, 3.8) is 0 Å². The Balaban J connectivity index is 1.89. The molecule has 0 saturated heterocycles. The topological polar surface area (TPSA) is 17.1 Å². The highest BCUT2D eigenvalue weighted by Crippen LogP contribution is 2.30. The predicted molar refractivity (Wildman–Crippen MR) is 73.1 cm³/mol. The Bertz CT molecular complexity index is 626. The molecule has 0 saturated carbocycles. The molecular formula is C16H12ClFO. The van der Waals surface area contributed by atoms with Crippen LogP contribution in [-0.2, 0) is 12.8 Å². The Hall–Kier alpha value is -1.67. The molecule has 0 heterocycles. The van der Waals surface area contributed by atoms with Crippen LogP contribution in [0.1, 0.15) is 21.5 Å². The molecule has 0 N–H and O–H groups in total. The SMILES string of the molecule is O=C(c1cc(F)ccc1Cl)C1Cc2ccccc2C1. The normalized spacial score (nSPS) is 14.4. The number of carbonyl (C=O) groups is 1. The first-order valence-corrected chi connectivity index (χ1v) is 6.59. The van der Waals surface area contributed by atoms with E-state index in [1.165, 1.54) is 29.3 Å². The number of fused-ring (bicyclic) bond motifs is 1. The van der Waals surface area contributed by atoms with Crippen LogP contribution in [0.3, 0.4) is 0 Å². The highest BCUT2D eigenvalue weighted by Gasteiger charge is 2.29. The van der Waals surface area contributed by atoms with Gasteiger partial charge in [0, 0.05) is 11.5 Å². The zero-order valence-electron chi connectivity index (χ0n) is 10.2. The lowest BCUT2D eigenvalue weighted by Crippen LogP contribution is -2.15. The molecule has 19 heavy (non-hydrogen) atoms. The standard InChI is InChI=1S/C16H12ClFO/c17-15-6-5-13(18)9-14(15)16(19)12-7-10-3-1-2-4-11(10)8-12/h1-6,9,12H,7-8H2. The molecular weight excluding hydrogens is 263 g/mol. The minimum atomic E-state index is -0.428. The maximum atomic E-state index is 13.2. The molecule has 1 aliphatic rings. The molecule has 0 bridgehead atoms. The summed E-state index contributed by atoms with van der Waals surface area (Å²) in [5.41, 5.74) is 2.70. The van der Waals surface area contributed by atoms with Crippen LogP contribution in [0.5, 0.6) is 0 Å². The molecule has 0 fully saturated rings. The summed E-state index contributed by atoms with van der Waals surface area (Å²) in [6.07, 6.45) is 1.42. The van der Waals surface area contributed by atoms with Gasteiger partial charge in [0.1, 0.15) is 5.82 Å². The number of carbonyl (C=O) groups excluding carboxylic acids is 1. The van der Waals surface area contributed by atoms with Crippen molar-refractivity contribution in [1.29, 1.82) is 0 Å². The van der Waals surface area contributed by atoms with Crippen molar-refractivity contribution in [3.8, 4) is 0 Å². The van der Waals surface area contributed by atoms with E-state index in [1.54, 1.807) is 0 Å². The quantitative estimate of drug-likeness (QED) is 0.754. The second kappa shape index (κ2) is 4.78. The Labute approximate surface area is 116 Å². The third kappa shape index (κ3) is 2.28. The van der Waals surface area contributed by atoms with Gasteiger partial charge in [0.05, 0.1) is 5.02 Å². The van der Waals surface area contributed by atoms with Crippen molar-refractivity contribution >= 4 is 17.4 Å². The molecule has 2 aromatic rings. The lowest BCUT2D eigenvalue weighted by Gasteiger charge is -2.09. The number of halogens is 2. The fourth-order valence-electron chi connectivity index (χ4n) is 2.65. The lowest BCUT2D eigenvalue weighted by atomic mass is 9.95. The third-order valence-corrected chi connectivity index (χ3v) is 3.95. The zero-order chi connectivity index (χ0) is 13.4. The van der Waals surface area contributed by atoms with E-state index in [2.05, 4.69) is 0 Å². The van der Waals surface area contributed by atoms with Crippen LogP contribution in [0, 0.1) is 11.7 Å². The summed E-state index contributed by atoms with van der Waals surface area (Å²) >= 11 is 5.99. The molecule has 3 heteroatoms. The summed E-state index contributed by atoms with van der Waals surface area (Å²) < 4.78 is 13.2. The van der Waals surface area contributed by atoms with Crippen LogP contribution in [-0.4, -0.2) is 5.78 Å². The molecule has 0 aromatic heterocycles. The Morgan fingerprint density at radius 1 is 1.11 bits per heavy atom. The number of ketones is 1. The van der Waals surface area contributed by atoms with Crippen molar-refractivity contribution in [2.75, 3.05) is 0 Å². The number of rotatable bonds is 2. The fourth-order valence-corrected chi connectivity index (χ4v) is 2.86. The molecule has 0 aliphatic heterocycles. The van der Waals surface area contributed by atoms with E-state index in [-0.39, 0.29) is 11.7 Å². The summed E-state index contributed by atoms with van der Waals surface area (Å²) in [6, 6.07) is 12.0. The second-order valence-electron chi connectivity index (χ2n) is 4.86. The van der Waals surface area contributed by atoms with Crippen molar-refractivity contribution in [2.45, 2.75) is 12.8 Å².